The standard InChI is InChI=1S/C21H19ClN2O6S/c1-24(28-2)31(26,27)20-12-15(9-10-18(20)22)21(25)29-14-16-6-3-4-8-19(16)30-17-7-5-11-23-13-17/h3-13H,14H2,1-2H3. The molecule has 0 amide bonds. The highest BCUT2D eigenvalue weighted by atomic mass is 35.5. The highest BCUT2D eigenvalue weighted by Gasteiger charge is 2.25. The lowest BCUT2D eigenvalue weighted by Gasteiger charge is -2.16. The number of sulfonamides is 1. The number of para-hydroxylation sites is 1. The maximum absolute atomic E-state index is 12.6. The van der Waals surface area contributed by atoms with Gasteiger partial charge in [-0.25, -0.2) is 13.2 Å². The van der Waals surface area contributed by atoms with Crippen LogP contribution in [0, 0.1) is 0 Å². The number of carbonyl (C=O) groups excluding carboxylic acids is 1. The highest BCUT2D eigenvalue weighted by Crippen LogP contribution is 2.27. The van der Waals surface area contributed by atoms with Gasteiger partial charge in [-0.05, 0) is 36.4 Å². The molecule has 0 spiro atoms. The molecule has 0 bridgehead atoms. The lowest BCUT2D eigenvalue weighted by molar-refractivity contribution is -0.0258. The molecular formula is C21H19ClN2O6S. The monoisotopic (exact) mass is 462 g/mol. The van der Waals surface area contributed by atoms with Crippen molar-refractivity contribution in [3.05, 3.63) is 83.1 Å². The Hall–Kier alpha value is -2.98. The summed E-state index contributed by atoms with van der Waals surface area (Å²) in [4.78, 5) is 21.0. The Morgan fingerprint density at radius 1 is 1.13 bits per heavy atom. The molecule has 0 unspecified atom stereocenters. The van der Waals surface area contributed by atoms with E-state index in [0.717, 1.165) is 6.07 Å². The van der Waals surface area contributed by atoms with E-state index in [1.807, 2.05) is 0 Å². The van der Waals surface area contributed by atoms with E-state index in [9.17, 15) is 13.2 Å². The molecule has 162 valence electrons. The van der Waals surface area contributed by atoms with Gasteiger partial charge in [-0.1, -0.05) is 34.3 Å². The van der Waals surface area contributed by atoms with Crippen molar-refractivity contribution in [2.75, 3.05) is 14.2 Å². The number of halogens is 1. The number of benzene rings is 2. The zero-order valence-corrected chi connectivity index (χ0v) is 18.3. The fourth-order valence-corrected chi connectivity index (χ4v) is 4.02. The Bertz CT molecular complexity index is 1170. The molecule has 0 aliphatic carbocycles. The van der Waals surface area contributed by atoms with Gasteiger partial charge in [0.05, 0.1) is 23.9 Å². The molecule has 0 aliphatic heterocycles. The number of hydroxylamine groups is 1. The summed E-state index contributed by atoms with van der Waals surface area (Å²) in [5, 5.41) is -0.0457. The van der Waals surface area contributed by atoms with Gasteiger partial charge in [0, 0.05) is 18.8 Å². The number of rotatable bonds is 8. The van der Waals surface area contributed by atoms with E-state index in [0.29, 0.717) is 21.5 Å². The van der Waals surface area contributed by atoms with Gasteiger partial charge in [-0.15, -0.1) is 0 Å². The Balaban J connectivity index is 1.77. The summed E-state index contributed by atoms with van der Waals surface area (Å²) >= 11 is 6.02. The van der Waals surface area contributed by atoms with Gasteiger partial charge in [-0.3, -0.25) is 9.82 Å². The first-order valence-corrected chi connectivity index (χ1v) is 10.8. The number of esters is 1. The van der Waals surface area contributed by atoms with Crippen LogP contribution in [0.5, 0.6) is 11.5 Å². The van der Waals surface area contributed by atoms with Gasteiger partial charge in [0.15, 0.2) is 0 Å². The summed E-state index contributed by atoms with van der Waals surface area (Å²) < 4.78 is 36.8. The Kier molecular flexibility index (Phi) is 7.24. The molecule has 0 radical (unpaired) electrons. The smallest absolute Gasteiger partial charge is 0.338 e. The largest absolute Gasteiger partial charge is 0.457 e. The third-order valence-electron chi connectivity index (χ3n) is 4.23. The Morgan fingerprint density at radius 2 is 1.90 bits per heavy atom. The van der Waals surface area contributed by atoms with E-state index in [1.165, 1.54) is 26.3 Å². The van der Waals surface area contributed by atoms with E-state index in [1.54, 1.807) is 48.8 Å². The van der Waals surface area contributed by atoms with Crippen LogP contribution in [0.15, 0.2) is 71.9 Å². The molecule has 0 saturated carbocycles. The molecule has 8 nitrogen and oxygen atoms in total. The molecule has 0 N–H and O–H groups in total. The van der Waals surface area contributed by atoms with Crippen LogP contribution in [0.4, 0.5) is 0 Å². The van der Waals surface area contributed by atoms with Crippen LogP contribution in [0.2, 0.25) is 5.02 Å². The van der Waals surface area contributed by atoms with Crippen LogP contribution >= 0.6 is 11.6 Å². The lowest BCUT2D eigenvalue weighted by Crippen LogP contribution is -2.26. The van der Waals surface area contributed by atoms with Crippen molar-refractivity contribution in [3.8, 4) is 11.5 Å². The second kappa shape index (κ2) is 9.88. The molecule has 1 aromatic heterocycles. The number of hydrogen-bond donors (Lipinski definition) is 0. The molecule has 3 aromatic rings. The molecule has 0 fully saturated rings. The third kappa shape index (κ3) is 5.39. The molecule has 2 aromatic carbocycles. The molecule has 10 heteroatoms. The van der Waals surface area contributed by atoms with Crippen LogP contribution in [-0.2, 0) is 26.2 Å². The fourth-order valence-electron chi connectivity index (χ4n) is 2.55. The number of ether oxygens (including phenoxy) is 2. The Morgan fingerprint density at radius 3 is 2.61 bits per heavy atom. The van der Waals surface area contributed by atoms with Gasteiger partial charge >= 0.3 is 5.97 Å². The molecule has 3 rings (SSSR count). The first-order valence-electron chi connectivity index (χ1n) is 8.98. The van der Waals surface area contributed by atoms with Crippen molar-refractivity contribution in [1.29, 1.82) is 0 Å². The minimum absolute atomic E-state index is 0.0261. The van der Waals surface area contributed by atoms with E-state index in [4.69, 9.17) is 25.9 Å². The number of aromatic nitrogens is 1. The second-order valence-electron chi connectivity index (χ2n) is 6.22. The normalized spacial score (nSPS) is 11.4. The van der Waals surface area contributed by atoms with Crippen LogP contribution in [0.25, 0.3) is 0 Å². The number of carbonyl (C=O) groups is 1. The SMILES string of the molecule is CON(C)S(=O)(=O)c1cc(C(=O)OCc2ccccc2Oc2cccnc2)ccc1Cl. The van der Waals surface area contributed by atoms with Crippen molar-refractivity contribution in [1.82, 2.24) is 9.45 Å². The van der Waals surface area contributed by atoms with Crippen LogP contribution in [0.3, 0.4) is 0 Å². The summed E-state index contributed by atoms with van der Waals surface area (Å²) in [7, 11) is -1.62. The average Bonchev–Trinajstić information content (AvgIpc) is 2.78. The minimum Gasteiger partial charge on any atom is -0.457 e. The summed E-state index contributed by atoms with van der Waals surface area (Å²) in [5.41, 5.74) is 0.652. The average molecular weight is 463 g/mol. The molecule has 0 aliphatic rings. The summed E-state index contributed by atoms with van der Waals surface area (Å²) in [6, 6.07) is 14.4. The third-order valence-corrected chi connectivity index (χ3v) is 6.40. The van der Waals surface area contributed by atoms with Gasteiger partial charge in [0.25, 0.3) is 10.0 Å². The first kappa shape index (κ1) is 22.7. The van der Waals surface area contributed by atoms with E-state index in [-0.39, 0.29) is 22.1 Å². The number of nitrogens with zero attached hydrogens (tertiary/aromatic N) is 2. The zero-order valence-electron chi connectivity index (χ0n) is 16.7. The number of pyridine rings is 1. The van der Waals surface area contributed by atoms with Crippen molar-refractivity contribution in [2.24, 2.45) is 0 Å². The van der Waals surface area contributed by atoms with Crippen molar-refractivity contribution in [2.45, 2.75) is 11.5 Å². The minimum atomic E-state index is -4.04. The molecule has 0 atom stereocenters. The predicted octanol–water partition coefficient (Wildman–Crippen LogP) is 4.07. The Labute approximate surface area is 185 Å². The van der Waals surface area contributed by atoms with Crippen molar-refractivity contribution in [3.63, 3.8) is 0 Å². The lowest BCUT2D eigenvalue weighted by atomic mass is 10.2. The predicted molar refractivity (Wildman–Crippen MR) is 113 cm³/mol. The maximum Gasteiger partial charge on any atom is 0.338 e. The van der Waals surface area contributed by atoms with Crippen LogP contribution < -0.4 is 4.74 Å². The first-order chi connectivity index (χ1) is 14.8. The molecular weight excluding hydrogens is 444 g/mol. The second-order valence-corrected chi connectivity index (χ2v) is 8.53. The van der Waals surface area contributed by atoms with Crippen molar-refractivity contribution >= 4 is 27.6 Å². The topological polar surface area (TPSA) is 95.0 Å². The summed E-state index contributed by atoms with van der Waals surface area (Å²) in [6.45, 7) is -0.0854. The van der Waals surface area contributed by atoms with Gasteiger partial charge < -0.3 is 9.47 Å². The van der Waals surface area contributed by atoms with E-state index < -0.39 is 16.0 Å². The van der Waals surface area contributed by atoms with Crippen LogP contribution in [0.1, 0.15) is 15.9 Å². The molecule has 1 heterocycles. The molecule has 0 saturated heterocycles. The molecule has 31 heavy (non-hydrogen) atoms. The summed E-state index contributed by atoms with van der Waals surface area (Å²) in [5.74, 6) is 0.324. The van der Waals surface area contributed by atoms with Crippen LogP contribution in [-0.4, -0.2) is 38.0 Å². The number of hydrogen-bond acceptors (Lipinski definition) is 7. The highest BCUT2D eigenvalue weighted by molar-refractivity contribution is 7.89. The fraction of sp³-hybridized carbons (Fsp3) is 0.143. The van der Waals surface area contributed by atoms with E-state index >= 15 is 0 Å². The van der Waals surface area contributed by atoms with E-state index in [2.05, 4.69) is 4.98 Å². The maximum atomic E-state index is 12.6. The van der Waals surface area contributed by atoms with Gasteiger partial charge in [0.1, 0.15) is 23.0 Å². The van der Waals surface area contributed by atoms with Crippen molar-refractivity contribution < 1.29 is 27.5 Å². The summed E-state index contributed by atoms with van der Waals surface area (Å²) in [6.07, 6.45) is 3.20. The van der Waals surface area contributed by atoms with Gasteiger partial charge in [-0.2, -0.15) is 0 Å². The zero-order chi connectivity index (χ0) is 22.4. The van der Waals surface area contributed by atoms with Gasteiger partial charge in [0.2, 0.25) is 0 Å². The quantitative estimate of drug-likeness (QED) is 0.368.